The summed E-state index contributed by atoms with van der Waals surface area (Å²) in [6.45, 7) is 0.519. The van der Waals surface area contributed by atoms with Crippen LogP contribution in [-0.4, -0.2) is 23.1 Å². The van der Waals surface area contributed by atoms with Crippen LogP contribution in [0.15, 0.2) is 42.6 Å². The second kappa shape index (κ2) is 5.71. The smallest absolute Gasteiger partial charge is 0.356 e. The lowest BCUT2D eigenvalue weighted by Gasteiger charge is -2.21. The molecule has 0 aliphatic heterocycles. The Kier molecular flexibility index (Phi) is 4.02. The van der Waals surface area contributed by atoms with Gasteiger partial charge in [-0.15, -0.1) is 0 Å². The van der Waals surface area contributed by atoms with Gasteiger partial charge in [0.05, 0.1) is 5.69 Å². The third-order valence-electron chi connectivity index (χ3n) is 2.77. The summed E-state index contributed by atoms with van der Waals surface area (Å²) in [7, 11) is 1.81. The van der Waals surface area contributed by atoms with Gasteiger partial charge in [0.25, 0.3) is 0 Å². The summed E-state index contributed by atoms with van der Waals surface area (Å²) in [6.07, 6.45) is 1.47. The molecule has 4 nitrogen and oxygen atoms in total. The van der Waals surface area contributed by atoms with Crippen molar-refractivity contribution >= 4 is 23.3 Å². The van der Waals surface area contributed by atoms with Gasteiger partial charge in [-0.1, -0.05) is 29.8 Å². The van der Waals surface area contributed by atoms with E-state index in [1.54, 1.807) is 12.1 Å². The van der Waals surface area contributed by atoms with Gasteiger partial charge >= 0.3 is 5.97 Å². The Hall–Kier alpha value is -2.07. The van der Waals surface area contributed by atoms with Crippen LogP contribution in [0.25, 0.3) is 0 Å². The summed E-state index contributed by atoms with van der Waals surface area (Å²) >= 11 is 6.10. The fourth-order valence-electron chi connectivity index (χ4n) is 1.84. The van der Waals surface area contributed by atoms with Gasteiger partial charge in [-0.25, -0.2) is 9.78 Å². The lowest BCUT2D eigenvalue weighted by molar-refractivity contribution is 0.0691. The van der Waals surface area contributed by atoms with E-state index in [0.717, 1.165) is 5.56 Å². The predicted octanol–water partition coefficient (Wildman–Crippen LogP) is 3.07. The molecule has 1 heterocycles. The molecule has 19 heavy (non-hydrogen) atoms. The molecule has 1 N–H and O–H groups in total. The number of carboxylic acid groups (broad SMARTS) is 1. The van der Waals surface area contributed by atoms with Gasteiger partial charge in [0.15, 0.2) is 5.69 Å². The Morgan fingerprint density at radius 1 is 1.32 bits per heavy atom. The van der Waals surface area contributed by atoms with E-state index in [0.29, 0.717) is 17.3 Å². The SMILES string of the molecule is CN(Cc1ccccc1Cl)c1cccnc1C(=O)O. The second-order valence-electron chi connectivity index (χ2n) is 4.12. The molecule has 2 rings (SSSR count). The van der Waals surface area contributed by atoms with Gasteiger partial charge < -0.3 is 10.0 Å². The van der Waals surface area contributed by atoms with Crippen LogP contribution in [0.3, 0.4) is 0 Å². The van der Waals surface area contributed by atoms with E-state index in [1.165, 1.54) is 6.20 Å². The highest BCUT2D eigenvalue weighted by Gasteiger charge is 2.15. The molecule has 0 saturated heterocycles. The van der Waals surface area contributed by atoms with Crippen LogP contribution in [-0.2, 0) is 6.54 Å². The molecular weight excluding hydrogens is 264 g/mol. The van der Waals surface area contributed by atoms with E-state index in [-0.39, 0.29) is 5.69 Å². The first-order chi connectivity index (χ1) is 9.09. The maximum Gasteiger partial charge on any atom is 0.356 e. The van der Waals surface area contributed by atoms with Crippen LogP contribution >= 0.6 is 11.6 Å². The van der Waals surface area contributed by atoms with Crippen LogP contribution < -0.4 is 4.90 Å². The van der Waals surface area contributed by atoms with Crippen LogP contribution in [0, 0.1) is 0 Å². The molecule has 0 spiro atoms. The highest BCUT2D eigenvalue weighted by atomic mass is 35.5. The van der Waals surface area contributed by atoms with Gasteiger partial charge in [-0.3, -0.25) is 0 Å². The van der Waals surface area contributed by atoms with Crippen molar-refractivity contribution in [2.45, 2.75) is 6.54 Å². The summed E-state index contributed by atoms with van der Waals surface area (Å²) < 4.78 is 0. The average Bonchev–Trinajstić information content (AvgIpc) is 2.41. The van der Waals surface area contributed by atoms with Gasteiger partial charge in [-0.05, 0) is 23.8 Å². The number of rotatable bonds is 4. The number of nitrogens with zero attached hydrogens (tertiary/aromatic N) is 2. The highest BCUT2D eigenvalue weighted by molar-refractivity contribution is 6.31. The normalized spacial score (nSPS) is 10.2. The molecule has 0 fully saturated rings. The Morgan fingerprint density at radius 3 is 2.74 bits per heavy atom. The fraction of sp³-hybridized carbons (Fsp3) is 0.143. The minimum Gasteiger partial charge on any atom is -0.476 e. The molecule has 1 aromatic heterocycles. The summed E-state index contributed by atoms with van der Waals surface area (Å²) in [5.41, 5.74) is 1.54. The van der Waals surface area contributed by atoms with Crippen LogP contribution in [0.1, 0.15) is 16.1 Å². The lowest BCUT2D eigenvalue weighted by Crippen LogP contribution is -2.20. The second-order valence-corrected chi connectivity index (χ2v) is 4.53. The molecule has 98 valence electrons. The lowest BCUT2D eigenvalue weighted by atomic mass is 10.2. The van der Waals surface area contributed by atoms with Crippen molar-refractivity contribution in [3.8, 4) is 0 Å². The highest BCUT2D eigenvalue weighted by Crippen LogP contribution is 2.22. The maximum atomic E-state index is 11.1. The average molecular weight is 277 g/mol. The molecule has 0 aliphatic rings. The number of pyridine rings is 1. The molecule has 2 aromatic rings. The minimum absolute atomic E-state index is 0.0389. The van der Waals surface area contributed by atoms with E-state index < -0.39 is 5.97 Å². The quantitative estimate of drug-likeness (QED) is 0.932. The number of aromatic nitrogens is 1. The fourth-order valence-corrected chi connectivity index (χ4v) is 2.03. The third kappa shape index (κ3) is 3.03. The van der Waals surface area contributed by atoms with E-state index in [9.17, 15) is 4.79 Å². The van der Waals surface area contributed by atoms with Crippen molar-refractivity contribution in [3.63, 3.8) is 0 Å². The minimum atomic E-state index is -1.04. The van der Waals surface area contributed by atoms with Gasteiger partial charge in [-0.2, -0.15) is 0 Å². The third-order valence-corrected chi connectivity index (χ3v) is 3.13. The van der Waals surface area contributed by atoms with Crippen molar-refractivity contribution in [3.05, 3.63) is 58.9 Å². The first kappa shape index (κ1) is 13.4. The van der Waals surface area contributed by atoms with Crippen molar-refractivity contribution in [2.75, 3.05) is 11.9 Å². The number of carbonyl (C=O) groups is 1. The van der Waals surface area contributed by atoms with Gasteiger partial charge in [0.2, 0.25) is 0 Å². The summed E-state index contributed by atoms with van der Waals surface area (Å²) in [6, 6.07) is 10.9. The van der Waals surface area contributed by atoms with Crippen LogP contribution in [0.2, 0.25) is 5.02 Å². The number of carboxylic acids is 1. The number of anilines is 1. The summed E-state index contributed by atoms with van der Waals surface area (Å²) in [4.78, 5) is 16.8. The molecule has 0 bridgehead atoms. The number of hydrogen-bond acceptors (Lipinski definition) is 3. The summed E-state index contributed by atoms with van der Waals surface area (Å²) in [5, 5.41) is 9.78. The topological polar surface area (TPSA) is 53.4 Å². The monoisotopic (exact) mass is 276 g/mol. The van der Waals surface area contributed by atoms with Crippen molar-refractivity contribution in [2.24, 2.45) is 0 Å². The van der Waals surface area contributed by atoms with Crippen molar-refractivity contribution in [1.82, 2.24) is 4.98 Å². The molecule has 5 heteroatoms. The van der Waals surface area contributed by atoms with Crippen molar-refractivity contribution in [1.29, 1.82) is 0 Å². The number of benzene rings is 1. The zero-order valence-electron chi connectivity index (χ0n) is 10.4. The maximum absolute atomic E-state index is 11.1. The Balaban J connectivity index is 2.28. The van der Waals surface area contributed by atoms with Crippen LogP contribution in [0.4, 0.5) is 5.69 Å². The van der Waals surface area contributed by atoms with E-state index >= 15 is 0 Å². The molecule has 0 unspecified atom stereocenters. The molecule has 0 aliphatic carbocycles. The largest absolute Gasteiger partial charge is 0.476 e. The van der Waals surface area contributed by atoms with E-state index in [1.807, 2.05) is 36.2 Å². The van der Waals surface area contributed by atoms with E-state index in [4.69, 9.17) is 16.7 Å². The number of hydrogen-bond donors (Lipinski definition) is 1. The molecule has 0 saturated carbocycles. The molecule has 1 aromatic carbocycles. The molecular formula is C14H13ClN2O2. The summed E-state index contributed by atoms with van der Waals surface area (Å²) in [5.74, 6) is -1.04. The number of aromatic carboxylic acids is 1. The van der Waals surface area contributed by atoms with Gasteiger partial charge in [0.1, 0.15) is 0 Å². The zero-order valence-corrected chi connectivity index (χ0v) is 11.1. The molecule has 0 radical (unpaired) electrons. The van der Waals surface area contributed by atoms with Crippen LogP contribution in [0.5, 0.6) is 0 Å². The standard InChI is InChI=1S/C14H13ClN2O2/c1-17(9-10-5-2-3-6-11(10)15)12-7-4-8-16-13(12)14(18)19/h2-8H,9H2,1H3,(H,18,19). The Bertz CT molecular complexity index is 602. The van der Waals surface area contributed by atoms with Crippen molar-refractivity contribution < 1.29 is 9.90 Å². The Morgan fingerprint density at radius 2 is 2.05 bits per heavy atom. The molecule has 0 amide bonds. The van der Waals surface area contributed by atoms with Gasteiger partial charge in [0, 0.05) is 24.8 Å². The predicted molar refractivity (Wildman–Crippen MR) is 74.8 cm³/mol. The van der Waals surface area contributed by atoms with E-state index in [2.05, 4.69) is 4.98 Å². The Labute approximate surface area is 116 Å². The first-order valence-corrected chi connectivity index (χ1v) is 6.10. The first-order valence-electron chi connectivity index (χ1n) is 5.72. The zero-order chi connectivity index (χ0) is 13.8. The molecule has 0 atom stereocenters. The number of halogens is 1.